The highest BCUT2D eigenvalue weighted by atomic mass is 32.2. The molecule has 118 valence electrons. The lowest BCUT2D eigenvalue weighted by molar-refractivity contribution is -0.170. The van der Waals surface area contributed by atoms with E-state index >= 15 is 0 Å². The highest BCUT2D eigenvalue weighted by molar-refractivity contribution is 7.85. The third-order valence-electron chi connectivity index (χ3n) is 2.68. The molecule has 0 unspecified atom stereocenters. The second kappa shape index (κ2) is 6.53. The Hall–Kier alpha value is -1.15. The number of esters is 2. The average Bonchev–Trinajstić information content (AvgIpc) is 2.21. The van der Waals surface area contributed by atoms with Crippen molar-refractivity contribution in [1.29, 1.82) is 0 Å². The Bertz CT molecular complexity index is 462. The molecule has 0 aliphatic rings. The number of carbonyl (C=O) groups excluding carboxylic acids is 2. The molecule has 0 heterocycles. The fraction of sp³-hybridized carbons (Fsp3) is 0.833. The molecule has 0 aliphatic heterocycles. The summed E-state index contributed by atoms with van der Waals surface area (Å²) in [7, 11) is -4.27. The second-order valence-corrected chi connectivity index (χ2v) is 7.23. The van der Waals surface area contributed by atoms with Gasteiger partial charge in [-0.1, -0.05) is 6.92 Å². The van der Waals surface area contributed by atoms with Crippen molar-refractivity contribution in [2.45, 2.75) is 46.6 Å². The van der Waals surface area contributed by atoms with Crippen LogP contribution in [0.5, 0.6) is 0 Å². The van der Waals surface area contributed by atoms with E-state index in [1.807, 2.05) is 6.92 Å². The Morgan fingerprint density at radius 2 is 1.65 bits per heavy atom. The van der Waals surface area contributed by atoms with Crippen LogP contribution in [0.3, 0.4) is 0 Å². The Morgan fingerprint density at radius 1 is 1.15 bits per heavy atom. The summed E-state index contributed by atoms with van der Waals surface area (Å²) < 4.78 is 39.9. The Morgan fingerprint density at radius 3 is 2.05 bits per heavy atom. The van der Waals surface area contributed by atoms with Crippen molar-refractivity contribution >= 4 is 22.1 Å². The van der Waals surface area contributed by atoms with E-state index in [2.05, 4.69) is 0 Å². The molecule has 0 amide bonds. The summed E-state index contributed by atoms with van der Waals surface area (Å²) in [6, 6.07) is 0. The van der Waals surface area contributed by atoms with Crippen LogP contribution in [0.1, 0.15) is 41.0 Å². The predicted octanol–water partition coefficient (Wildman–Crippen LogP) is 1.18. The van der Waals surface area contributed by atoms with Crippen LogP contribution in [-0.4, -0.2) is 42.9 Å². The number of carbonyl (C=O) groups is 2. The molecule has 0 atom stereocenters. The monoisotopic (exact) mass is 310 g/mol. The van der Waals surface area contributed by atoms with Crippen molar-refractivity contribution in [3.63, 3.8) is 0 Å². The summed E-state index contributed by atoms with van der Waals surface area (Å²) in [6.45, 7) is 7.24. The molecule has 0 aromatic rings. The molecule has 0 saturated heterocycles. The molecule has 0 aromatic heterocycles. The van der Waals surface area contributed by atoms with E-state index in [4.69, 9.17) is 14.0 Å². The molecule has 0 radical (unpaired) electrons. The van der Waals surface area contributed by atoms with Gasteiger partial charge in [0.1, 0.15) is 11.4 Å². The summed E-state index contributed by atoms with van der Waals surface area (Å²) in [5.74, 6) is -2.15. The molecule has 1 N–H and O–H groups in total. The Labute approximate surface area is 119 Å². The standard InChI is InChI=1S/C12H22O7S/c1-6-11(2,3)10(14)18-7-9(13)19-12(4,5)8-20(15,16)17/h6-8H2,1-5H3,(H,15,16,17). The number of rotatable bonds is 7. The summed E-state index contributed by atoms with van der Waals surface area (Å²) in [5, 5.41) is 0. The minimum Gasteiger partial charge on any atom is -0.456 e. The molecule has 8 heteroatoms. The minimum absolute atomic E-state index is 0.537. The van der Waals surface area contributed by atoms with Gasteiger partial charge in [-0.15, -0.1) is 0 Å². The van der Waals surface area contributed by atoms with E-state index in [1.54, 1.807) is 13.8 Å². The SMILES string of the molecule is CCC(C)(C)C(=O)OCC(=O)OC(C)(C)CS(=O)(=O)O. The Balaban J connectivity index is 4.42. The predicted molar refractivity (Wildman–Crippen MR) is 71.6 cm³/mol. The molecule has 0 fully saturated rings. The maximum absolute atomic E-state index is 11.6. The lowest BCUT2D eigenvalue weighted by Crippen LogP contribution is -2.37. The van der Waals surface area contributed by atoms with Gasteiger partial charge >= 0.3 is 11.9 Å². The smallest absolute Gasteiger partial charge is 0.344 e. The second-order valence-electron chi connectivity index (χ2n) is 5.77. The first-order chi connectivity index (χ1) is 8.79. The summed E-state index contributed by atoms with van der Waals surface area (Å²) in [5.41, 5.74) is -2.11. The summed E-state index contributed by atoms with van der Waals surface area (Å²) >= 11 is 0. The molecule has 0 rings (SSSR count). The maximum Gasteiger partial charge on any atom is 0.344 e. The van der Waals surface area contributed by atoms with Crippen molar-refractivity contribution < 1.29 is 32.0 Å². The molecule has 7 nitrogen and oxygen atoms in total. The van der Waals surface area contributed by atoms with Gasteiger partial charge in [-0.3, -0.25) is 9.35 Å². The van der Waals surface area contributed by atoms with Gasteiger partial charge in [0.15, 0.2) is 6.61 Å². The van der Waals surface area contributed by atoms with E-state index in [-0.39, 0.29) is 0 Å². The first-order valence-electron chi connectivity index (χ1n) is 6.13. The zero-order chi connectivity index (χ0) is 16.2. The number of hydrogen-bond donors (Lipinski definition) is 1. The van der Waals surface area contributed by atoms with Crippen molar-refractivity contribution in [2.24, 2.45) is 5.41 Å². The van der Waals surface area contributed by atoms with Crippen LogP contribution in [-0.2, 0) is 29.2 Å². The third-order valence-corrected chi connectivity index (χ3v) is 3.74. The quantitative estimate of drug-likeness (QED) is 0.555. The van der Waals surface area contributed by atoms with E-state index in [1.165, 1.54) is 13.8 Å². The maximum atomic E-state index is 11.6. The van der Waals surface area contributed by atoms with Gasteiger partial charge in [0, 0.05) is 0 Å². The van der Waals surface area contributed by atoms with Crippen molar-refractivity contribution in [1.82, 2.24) is 0 Å². The van der Waals surface area contributed by atoms with Gasteiger partial charge in [-0.05, 0) is 34.1 Å². The van der Waals surface area contributed by atoms with Crippen LogP contribution < -0.4 is 0 Å². The molecular weight excluding hydrogens is 288 g/mol. The number of hydrogen-bond acceptors (Lipinski definition) is 6. The van der Waals surface area contributed by atoms with Crippen molar-refractivity contribution in [3.8, 4) is 0 Å². The van der Waals surface area contributed by atoms with Gasteiger partial charge in [-0.2, -0.15) is 8.42 Å². The van der Waals surface area contributed by atoms with Gasteiger partial charge < -0.3 is 9.47 Å². The molecule has 0 aliphatic carbocycles. The van der Waals surface area contributed by atoms with Crippen LogP contribution in [0.2, 0.25) is 0 Å². The first-order valence-corrected chi connectivity index (χ1v) is 7.74. The number of ether oxygens (including phenoxy) is 2. The summed E-state index contributed by atoms with van der Waals surface area (Å²) in [4.78, 5) is 23.1. The van der Waals surface area contributed by atoms with Crippen molar-refractivity contribution in [2.75, 3.05) is 12.4 Å². The molecule has 0 bridgehead atoms. The van der Waals surface area contributed by atoms with Gasteiger partial charge in [-0.25, -0.2) is 4.79 Å². The molecular formula is C12H22O7S. The van der Waals surface area contributed by atoms with Gasteiger partial charge in [0.2, 0.25) is 0 Å². The molecule has 0 saturated carbocycles. The van der Waals surface area contributed by atoms with Crippen LogP contribution in [0, 0.1) is 5.41 Å². The van der Waals surface area contributed by atoms with Crippen molar-refractivity contribution in [3.05, 3.63) is 0 Å². The average molecular weight is 310 g/mol. The van der Waals surface area contributed by atoms with Crippen LogP contribution >= 0.6 is 0 Å². The van der Waals surface area contributed by atoms with E-state index in [9.17, 15) is 18.0 Å². The zero-order valence-electron chi connectivity index (χ0n) is 12.4. The van der Waals surface area contributed by atoms with Gasteiger partial charge in [0.25, 0.3) is 10.1 Å². The third kappa shape index (κ3) is 7.44. The van der Waals surface area contributed by atoms with E-state index < -0.39 is 45.4 Å². The van der Waals surface area contributed by atoms with Gasteiger partial charge in [0.05, 0.1) is 5.41 Å². The normalized spacial score (nSPS) is 12.9. The Kier molecular flexibility index (Phi) is 6.16. The highest BCUT2D eigenvalue weighted by Crippen LogP contribution is 2.21. The van der Waals surface area contributed by atoms with E-state index in [0.29, 0.717) is 6.42 Å². The minimum atomic E-state index is -4.27. The molecule has 0 aromatic carbocycles. The van der Waals surface area contributed by atoms with Crippen LogP contribution in [0.15, 0.2) is 0 Å². The topological polar surface area (TPSA) is 107 Å². The molecule has 20 heavy (non-hydrogen) atoms. The fourth-order valence-electron chi connectivity index (χ4n) is 1.27. The lowest BCUT2D eigenvalue weighted by atomic mass is 9.91. The van der Waals surface area contributed by atoms with E-state index in [0.717, 1.165) is 0 Å². The zero-order valence-corrected chi connectivity index (χ0v) is 13.2. The van der Waals surface area contributed by atoms with Crippen LogP contribution in [0.25, 0.3) is 0 Å². The fourth-order valence-corrected chi connectivity index (χ4v) is 2.21. The summed E-state index contributed by atoms with van der Waals surface area (Å²) in [6.07, 6.45) is 0.551. The highest BCUT2D eigenvalue weighted by Gasteiger charge is 2.31. The first kappa shape index (κ1) is 18.9. The van der Waals surface area contributed by atoms with Crippen LogP contribution in [0.4, 0.5) is 0 Å². The largest absolute Gasteiger partial charge is 0.456 e. The lowest BCUT2D eigenvalue weighted by Gasteiger charge is -2.24. The molecule has 0 spiro atoms.